The molecule has 0 fully saturated rings. The first-order valence-corrected chi connectivity index (χ1v) is 10.4. The number of benzene rings is 2. The molecule has 9 heteroatoms. The molecule has 0 atom stereocenters. The Morgan fingerprint density at radius 2 is 1.70 bits per heavy atom. The van der Waals surface area contributed by atoms with Gasteiger partial charge in [-0.15, -0.1) is 0 Å². The van der Waals surface area contributed by atoms with E-state index in [1.807, 2.05) is 0 Å². The van der Waals surface area contributed by atoms with Gasteiger partial charge in [0.2, 0.25) is 11.7 Å². The Hall–Kier alpha value is -2.05. The summed E-state index contributed by atoms with van der Waals surface area (Å²) in [5.74, 6) is -1.18. The highest BCUT2D eigenvalue weighted by Gasteiger charge is 2.26. The van der Waals surface area contributed by atoms with Crippen LogP contribution in [0.4, 0.5) is 0 Å². The van der Waals surface area contributed by atoms with Crippen molar-refractivity contribution in [3.05, 3.63) is 78.4 Å². The van der Waals surface area contributed by atoms with Crippen molar-refractivity contribution in [2.45, 2.75) is 27.3 Å². The molecule has 156 valence electrons. The van der Waals surface area contributed by atoms with Crippen molar-refractivity contribution < 1.29 is 14.3 Å². The number of aryl methyl sites for hydroxylation is 2. The fraction of sp³-hybridized carbons (Fsp3) is 0.190. The lowest BCUT2D eigenvalue weighted by molar-refractivity contribution is 0.0717. The molecule has 0 saturated heterocycles. The van der Waals surface area contributed by atoms with Gasteiger partial charge in [-0.3, -0.25) is 4.79 Å². The Bertz CT molecular complexity index is 1170. The average Bonchev–Trinajstić information content (AvgIpc) is 3.10. The number of hydrogen-bond acceptors (Lipinski definition) is 4. The fourth-order valence-corrected chi connectivity index (χ4v) is 3.83. The molecule has 0 aliphatic carbocycles. The fourth-order valence-electron chi connectivity index (χ4n) is 2.91. The lowest BCUT2D eigenvalue weighted by Crippen LogP contribution is -2.15. The first-order chi connectivity index (χ1) is 14.1. The van der Waals surface area contributed by atoms with E-state index < -0.39 is 11.8 Å². The van der Waals surface area contributed by atoms with Crippen LogP contribution in [0.5, 0.6) is 5.88 Å². The van der Waals surface area contributed by atoms with Crippen LogP contribution < -0.4 is 4.74 Å². The van der Waals surface area contributed by atoms with Crippen LogP contribution in [0.15, 0.2) is 30.5 Å². The summed E-state index contributed by atoms with van der Waals surface area (Å²) in [7, 11) is 0. The molecule has 0 bridgehead atoms. The number of hydrogen-bond donors (Lipinski definition) is 0. The van der Waals surface area contributed by atoms with E-state index in [4.69, 9.17) is 51.1 Å². The Morgan fingerprint density at radius 1 is 1.00 bits per heavy atom. The Morgan fingerprint density at radius 3 is 2.33 bits per heavy atom. The van der Waals surface area contributed by atoms with Gasteiger partial charge >= 0.3 is 5.97 Å². The van der Waals surface area contributed by atoms with Crippen molar-refractivity contribution in [2.24, 2.45) is 0 Å². The Labute approximate surface area is 193 Å². The summed E-state index contributed by atoms with van der Waals surface area (Å²) in [6.07, 6.45) is 1.34. The van der Waals surface area contributed by atoms with Crippen molar-refractivity contribution in [1.29, 1.82) is 0 Å². The standard InChI is InChI=1S/C21H16Cl4N2O3/c1-4-27-20(30-21(29)13-6-5-12(22)8-16(13)23)15(9-26-27)19(28)14-7-10(2)17(24)11(3)18(14)25/h5-9H,4H2,1-3H3. The topological polar surface area (TPSA) is 61.2 Å². The summed E-state index contributed by atoms with van der Waals surface area (Å²) < 4.78 is 6.93. The zero-order chi connectivity index (χ0) is 22.2. The third kappa shape index (κ3) is 4.21. The summed E-state index contributed by atoms with van der Waals surface area (Å²) in [6, 6.07) is 6.00. The van der Waals surface area contributed by atoms with E-state index in [1.165, 1.54) is 29.1 Å². The van der Waals surface area contributed by atoms with Crippen LogP contribution in [0, 0.1) is 13.8 Å². The second-order valence-corrected chi connectivity index (χ2v) is 8.12. The van der Waals surface area contributed by atoms with E-state index in [9.17, 15) is 9.59 Å². The quantitative estimate of drug-likeness (QED) is 0.302. The molecule has 0 unspecified atom stereocenters. The average molecular weight is 486 g/mol. The van der Waals surface area contributed by atoms with Gasteiger partial charge < -0.3 is 4.74 Å². The lowest BCUT2D eigenvalue weighted by Gasteiger charge is -2.12. The minimum Gasteiger partial charge on any atom is -0.403 e. The van der Waals surface area contributed by atoms with Gasteiger partial charge in [0.1, 0.15) is 5.56 Å². The summed E-state index contributed by atoms with van der Waals surface area (Å²) in [4.78, 5) is 25.9. The molecule has 0 aliphatic rings. The minimum absolute atomic E-state index is 0.000149. The third-order valence-corrected chi connectivity index (χ3v) is 6.14. The van der Waals surface area contributed by atoms with Gasteiger partial charge in [-0.25, -0.2) is 9.48 Å². The molecule has 1 aromatic heterocycles. The highest BCUT2D eigenvalue weighted by molar-refractivity contribution is 6.39. The molecule has 0 saturated carbocycles. The van der Waals surface area contributed by atoms with Crippen LogP contribution in [-0.4, -0.2) is 21.5 Å². The molecule has 0 radical (unpaired) electrons. The van der Waals surface area contributed by atoms with Crippen molar-refractivity contribution >= 4 is 58.2 Å². The van der Waals surface area contributed by atoms with Crippen molar-refractivity contribution in [3.63, 3.8) is 0 Å². The van der Waals surface area contributed by atoms with E-state index in [0.29, 0.717) is 27.7 Å². The molecule has 0 amide bonds. The van der Waals surface area contributed by atoms with Gasteiger partial charge in [0.15, 0.2) is 0 Å². The number of esters is 1. The molecule has 5 nitrogen and oxygen atoms in total. The van der Waals surface area contributed by atoms with Crippen LogP contribution in [0.1, 0.15) is 44.3 Å². The number of aromatic nitrogens is 2. The van der Waals surface area contributed by atoms with Gasteiger partial charge in [-0.2, -0.15) is 5.10 Å². The number of halogens is 4. The van der Waals surface area contributed by atoms with Crippen molar-refractivity contribution in [2.75, 3.05) is 0 Å². The maximum Gasteiger partial charge on any atom is 0.346 e. The zero-order valence-corrected chi connectivity index (χ0v) is 19.2. The minimum atomic E-state index is -0.740. The van der Waals surface area contributed by atoms with Crippen molar-refractivity contribution in [3.8, 4) is 5.88 Å². The largest absolute Gasteiger partial charge is 0.403 e. The number of ketones is 1. The summed E-state index contributed by atoms with van der Waals surface area (Å²) in [5.41, 5.74) is 1.75. The van der Waals surface area contributed by atoms with E-state index in [-0.39, 0.29) is 32.6 Å². The molecular weight excluding hydrogens is 470 g/mol. The normalized spacial score (nSPS) is 10.9. The predicted octanol–water partition coefficient (Wildman–Crippen LogP) is 6.58. The van der Waals surface area contributed by atoms with E-state index >= 15 is 0 Å². The van der Waals surface area contributed by atoms with E-state index in [2.05, 4.69) is 5.10 Å². The summed E-state index contributed by atoms with van der Waals surface area (Å²) in [5, 5.41) is 5.39. The van der Waals surface area contributed by atoms with Crippen LogP contribution in [0.3, 0.4) is 0 Å². The van der Waals surface area contributed by atoms with Gasteiger partial charge in [0.25, 0.3) is 0 Å². The van der Waals surface area contributed by atoms with E-state index in [1.54, 1.807) is 26.8 Å². The van der Waals surface area contributed by atoms with Gasteiger partial charge in [0, 0.05) is 22.2 Å². The maximum atomic E-state index is 13.2. The maximum absolute atomic E-state index is 13.2. The number of ether oxygens (including phenoxy) is 1. The van der Waals surface area contributed by atoms with Gasteiger partial charge in [0.05, 0.1) is 21.8 Å². The molecule has 2 aromatic carbocycles. The number of rotatable bonds is 5. The van der Waals surface area contributed by atoms with E-state index in [0.717, 1.165) is 0 Å². The first-order valence-electron chi connectivity index (χ1n) is 8.88. The molecule has 30 heavy (non-hydrogen) atoms. The number of nitrogens with zero attached hydrogens (tertiary/aromatic N) is 2. The van der Waals surface area contributed by atoms with Crippen LogP contribution in [-0.2, 0) is 6.54 Å². The lowest BCUT2D eigenvalue weighted by atomic mass is 10.0. The molecular formula is C21H16Cl4N2O3. The van der Waals surface area contributed by atoms with Crippen molar-refractivity contribution in [1.82, 2.24) is 9.78 Å². The first kappa shape index (κ1) is 22.6. The van der Waals surface area contributed by atoms with Crippen LogP contribution in [0.2, 0.25) is 20.1 Å². The predicted molar refractivity (Wildman–Crippen MR) is 119 cm³/mol. The number of carbonyl (C=O) groups is 2. The van der Waals surface area contributed by atoms with Crippen LogP contribution in [0.25, 0.3) is 0 Å². The smallest absolute Gasteiger partial charge is 0.346 e. The molecule has 0 N–H and O–H groups in total. The monoisotopic (exact) mass is 484 g/mol. The summed E-state index contributed by atoms with van der Waals surface area (Å²) in [6.45, 7) is 5.68. The molecule has 1 heterocycles. The van der Waals surface area contributed by atoms with Gasteiger partial charge in [-0.1, -0.05) is 46.4 Å². The molecule has 0 aliphatic heterocycles. The molecule has 3 rings (SSSR count). The SMILES string of the molecule is CCn1ncc(C(=O)c2cc(C)c(Cl)c(C)c2Cl)c1OC(=O)c1ccc(Cl)cc1Cl. The molecule has 3 aromatic rings. The second kappa shape index (κ2) is 8.98. The number of carbonyl (C=O) groups excluding carboxylic acids is 2. The zero-order valence-electron chi connectivity index (χ0n) is 16.2. The highest BCUT2D eigenvalue weighted by atomic mass is 35.5. The highest BCUT2D eigenvalue weighted by Crippen LogP contribution is 2.34. The molecule has 0 spiro atoms. The summed E-state index contributed by atoms with van der Waals surface area (Å²) >= 11 is 24.6. The second-order valence-electron chi connectivity index (χ2n) is 6.52. The Kier molecular flexibility index (Phi) is 6.78. The Balaban J connectivity index is 2.04. The van der Waals surface area contributed by atoms with Gasteiger partial charge in [-0.05, 0) is 56.2 Å². The van der Waals surface area contributed by atoms with Crippen LogP contribution >= 0.6 is 46.4 Å². The third-order valence-electron chi connectivity index (χ3n) is 4.52.